The van der Waals surface area contributed by atoms with Gasteiger partial charge in [0.25, 0.3) is 0 Å². The molecule has 0 aromatic carbocycles. The van der Waals surface area contributed by atoms with Gasteiger partial charge in [0.05, 0.1) is 11.5 Å². The van der Waals surface area contributed by atoms with Crippen LogP contribution in [0.25, 0.3) is 0 Å². The lowest BCUT2D eigenvalue weighted by atomic mass is 10.3. The number of nitro groups is 1. The molecule has 1 aliphatic rings. The fraction of sp³-hybridized carbons (Fsp3) is 0.438. The molecular formula is C16H22FIN8O2. The van der Waals surface area contributed by atoms with Gasteiger partial charge < -0.3 is 15.5 Å². The maximum absolute atomic E-state index is 13.9. The summed E-state index contributed by atoms with van der Waals surface area (Å²) in [5.41, 5.74) is -0.0368. The van der Waals surface area contributed by atoms with Crippen molar-refractivity contribution in [1.29, 1.82) is 0 Å². The number of nitrogens with one attached hydrogen (secondary N) is 2. The van der Waals surface area contributed by atoms with Crippen LogP contribution in [0.2, 0.25) is 0 Å². The average Bonchev–Trinajstić information content (AvgIpc) is 3.31. The molecule has 0 amide bonds. The minimum absolute atomic E-state index is 0. The molecule has 1 aliphatic heterocycles. The number of aromatic nitrogens is 3. The predicted octanol–water partition coefficient (Wildman–Crippen LogP) is 1.39. The minimum Gasteiger partial charge on any atom is -0.355 e. The average molecular weight is 504 g/mol. The van der Waals surface area contributed by atoms with E-state index in [9.17, 15) is 14.5 Å². The molecule has 2 aromatic rings. The van der Waals surface area contributed by atoms with Crippen molar-refractivity contribution < 1.29 is 9.31 Å². The summed E-state index contributed by atoms with van der Waals surface area (Å²) in [6.45, 7) is 2.30. The number of hydrogen-bond acceptors (Lipinski definition) is 6. The molecule has 0 spiro atoms. The highest BCUT2D eigenvalue weighted by Crippen LogP contribution is 2.20. The summed E-state index contributed by atoms with van der Waals surface area (Å²) in [5, 5.41) is 21.1. The normalized spacial score (nSPS) is 16.6. The van der Waals surface area contributed by atoms with Gasteiger partial charge in [0.1, 0.15) is 12.4 Å². The molecule has 1 atom stereocenters. The van der Waals surface area contributed by atoms with Crippen LogP contribution < -0.4 is 15.5 Å². The highest BCUT2D eigenvalue weighted by molar-refractivity contribution is 14.0. The van der Waals surface area contributed by atoms with E-state index in [4.69, 9.17) is 0 Å². The summed E-state index contributed by atoms with van der Waals surface area (Å²) in [4.78, 5) is 20.4. The minimum atomic E-state index is -0.478. The highest BCUT2D eigenvalue weighted by Gasteiger charge is 2.25. The molecule has 2 N–H and O–H groups in total. The maximum atomic E-state index is 13.9. The first-order chi connectivity index (χ1) is 13.1. The van der Waals surface area contributed by atoms with Crippen molar-refractivity contribution in [2.45, 2.75) is 19.0 Å². The SMILES string of the molecule is CN=C(NCCn1cc([N+](=O)[O-])cn1)NC1CCN(c2ncccc2F)C1.I. The largest absolute Gasteiger partial charge is 0.355 e. The first kappa shape index (κ1) is 21.8. The van der Waals surface area contributed by atoms with E-state index in [2.05, 4.69) is 25.7 Å². The summed E-state index contributed by atoms with van der Waals surface area (Å²) < 4.78 is 15.4. The Morgan fingerprint density at radius 2 is 2.36 bits per heavy atom. The Balaban J connectivity index is 0.00000280. The van der Waals surface area contributed by atoms with Gasteiger partial charge in [-0.15, -0.1) is 24.0 Å². The Labute approximate surface area is 178 Å². The van der Waals surface area contributed by atoms with Crippen LogP contribution in [-0.4, -0.2) is 58.4 Å². The topological polar surface area (TPSA) is 114 Å². The highest BCUT2D eigenvalue weighted by atomic mass is 127. The maximum Gasteiger partial charge on any atom is 0.306 e. The van der Waals surface area contributed by atoms with Gasteiger partial charge in [-0.3, -0.25) is 19.8 Å². The molecule has 3 heterocycles. The zero-order valence-electron chi connectivity index (χ0n) is 15.3. The molecule has 1 fully saturated rings. The lowest BCUT2D eigenvalue weighted by Crippen LogP contribution is -2.45. The first-order valence-corrected chi connectivity index (χ1v) is 8.56. The third-order valence-electron chi connectivity index (χ3n) is 4.26. The summed E-state index contributed by atoms with van der Waals surface area (Å²) in [7, 11) is 1.67. The smallest absolute Gasteiger partial charge is 0.306 e. The summed E-state index contributed by atoms with van der Waals surface area (Å²) in [6, 6.07) is 3.09. The second-order valence-corrected chi connectivity index (χ2v) is 6.10. The molecule has 1 unspecified atom stereocenters. The number of anilines is 1. The molecule has 0 bridgehead atoms. The van der Waals surface area contributed by atoms with Crippen LogP contribution in [0.4, 0.5) is 15.9 Å². The third-order valence-corrected chi connectivity index (χ3v) is 4.26. The van der Waals surface area contributed by atoms with Crippen LogP contribution in [0.3, 0.4) is 0 Å². The van der Waals surface area contributed by atoms with Crippen LogP contribution in [0, 0.1) is 15.9 Å². The molecule has 2 aromatic heterocycles. The second kappa shape index (κ2) is 10.1. The van der Waals surface area contributed by atoms with Gasteiger partial charge in [-0.1, -0.05) is 0 Å². The van der Waals surface area contributed by atoms with Crippen molar-refractivity contribution in [3.63, 3.8) is 0 Å². The van der Waals surface area contributed by atoms with Crippen molar-refractivity contribution in [1.82, 2.24) is 25.4 Å². The number of guanidine groups is 1. The molecule has 152 valence electrons. The van der Waals surface area contributed by atoms with E-state index in [0.29, 0.717) is 38.0 Å². The van der Waals surface area contributed by atoms with Crippen molar-refractivity contribution in [3.8, 4) is 0 Å². The van der Waals surface area contributed by atoms with Crippen LogP contribution >= 0.6 is 24.0 Å². The molecule has 0 radical (unpaired) electrons. The monoisotopic (exact) mass is 504 g/mol. The Morgan fingerprint density at radius 1 is 1.54 bits per heavy atom. The van der Waals surface area contributed by atoms with Gasteiger partial charge in [0, 0.05) is 38.9 Å². The van der Waals surface area contributed by atoms with Gasteiger partial charge in [-0.25, -0.2) is 9.37 Å². The Kier molecular flexibility index (Phi) is 7.90. The van der Waals surface area contributed by atoms with Crippen molar-refractivity contribution in [3.05, 3.63) is 46.7 Å². The standard InChI is InChI=1S/C16H21FN8O2.HI/c1-18-16(20-6-8-24-11-13(9-21-24)25(26)27)22-12-4-7-23(10-12)15-14(17)3-2-5-19-15;/h2-3,5,9,11-12H,4,6-8,10H2,1H3,(H2,18,20,22);1H. The number of halogens is 2. The zero-order chi connectivity index (χ0) is 19.2. The number of rotatable bonds is 6. The Bertz CT molecular complexity index is 830. The zero-order valence-corrected chi connectivity index (χ0v) is 17.6. The molecule has 10 nitrogen and oxygen atoms in total. The van der Waals surface area contributed by atoms with E-state index in [1.165, 1.54) is 23.1 Å². The Hall–Kier alpha value is -2.51. The van der Waals surface area contributed by atoms with Gasteiger partial charge in [-0.05, 0) is 18.6 Å². The molecule has 28 heavy (non-hydrogen) atoms. The van der Waals surface area contributed by atoms with E-state index in [-0.39, 0.29) is 41.5 Å². The number of hydrogen-bond donors (Lipinski definition) is 2. The van der Waals surface area contributed by atoms with Crippen molar-refractivity contribution in [2.75, 3.05) is 31.6 Å². The van der Waals surface area contributed by atoms with Crippen molar-refractivity contribution in [2.24, 2.45) is 4.99 Å². The lowest BCUT2D eigenvalue weighted by Gasteiger charge is -2.20. The van der Waals surface area contributed by atoms with Gasteiger partial charge in [0.15, 0.2) is 17.6 Å². The second-order valence-electron chi connectivity index (χ2n) is 6.10. The molecule has 0 aliphatic carbocycles. The fourth-order valence-electron chi connectivity index (χ4n) is 2.93. The number of pyridine rings is 1. The quantitative estimate of drug-likeness (QED) is 0.201. The van der Waals surface area contributed by atoms with Crippen molar-refractivity contribution >= 4 is 41.4 Å². The van der Waals surface area contributed by atoms with Gasteiger partial charge in [0.2, 0.25) is 0 Å². The van der Waals surface area contributed by atoms with E-state index in [0.717, 1.165) is 6.42 Å². The van der Waals surface area contributed by atoms with E-state index in [1.54, 1.807) is 19.3 Å². The van der Waals surface area contributed by atoms with Crippen LogP contribution in [0.15, 0.2) is 35.7 Å². The predicted molar refractivity (Wildman–Crippen MR) is 114 cm³/mol. The number of aliphatic imine (C=N–C) groups is 1. The van der Waals surface area contributed by atoms with Gasteiger partial charge >= 0.3 is 5.69 Å². The molecule has 1 saturated heterocycles. The number of nitrogens with zero attached hydrogens (tertiary/aromatic N) is 6. The molecule has 12 heteroatoms. The molecular weight excluding hydrogens is 482 g/mol. The van der Waals surface area contributed by atoms with E-state index in [1.807, 2.05) is 4.90 Å². The fourth-order valence-corrected chi connectivity index (χ4v) is 2.93. The Morgan fingerprint density at radius 3 is 3.04 bits per heavy atom. The summed E-state index contributed by atoms with van der Waals surface area (Å²) in [5.74, 6) is 0.656. The lowest BCUT2D eigenvalue weighted by molar-refractivity contribution is -0.385. The van der Waals surface area contributed by atoms with E-state index < -0.39 is 4.92 Å². The molecule has 0 saturated carbocycles. The van der Waals surface area contributed by atoms with Crippen LogP contribution in [-0.2, 0) is 6.54 Å². The summed E-state index contributed by atoms with van der Waals surface area (Å²) in [6.07, 6.45) is 5.02. The van der Waals surface area contributed by atoms with E-state index >= 15 is 0 Å². The summed E-state index contributed by atoms with van der Waals surface area (Å²) >= 11 is 0. The first-order valence-electron chi connectivity index (χ1n) is 8.56. The van der Waals surface area contributed by atoms with Crippen LogP contribution in [0.5, 0.6) is 0 Å². The third kappa shape index (κ3) is 5.50. The van der Waals surface area contributed by atoms with Gasteiger partial charge in [-0.2, -0.15) is 5.10 Å². The molecule has 3 rings (SSSR count). The van der Waals surface area contributed by atoms with Crippen LogP contribution in [0.1, 0.15) is 6.42 Å².